The van der Waals surface area contributed by atoms with Gasteiger partial charge in [0.15, 0.2) is 0 Å². The molecule has 0 radical (unpaired) electrons. The van der Waals surface area contributed by atoms with Crippen LogP contribution in [0.25, 0.3) is 11.0 Å². The first-order chi connectivity index (χ1) is 12.1. The van der Waals surface area contributed by atoms with Crippen molar-refractivity contribution in [1.82, 2.24) is 20.6 Å². The van der Waals surface area contributed by atoms with Gasteiger partial charge in [0.05, 0.1) is 5.02 Å². The SMILES string of the molecule is CC1=CNC(c2c[nH]c3ncc(Cl)cc23)=NC1NC1CCCCC1N. The number of nitrogens with zero attached hydrogens (tertiary/aromatic N) is 2. The summed E-state index contributed by atoms with van der Waals surface area (Å²) < 4.78 is 0. The summed E-state index contributed by atoms with van der Waals surface area (Å²) in [5.41, 5.74) is 9.20. The number of hydrogen-bond donors (Lipinski definition) is 4. The Morgan fingerprint density at radius 3 is 3.00 bits per heavy atom. The lowest BCUT2D eigenvalue weighted by atomic mass is 9.90. The molecule has 1 saturated carbocycles. The maximum Gasteiger partial charge on any atom is 0.138 e. The number of nitrogens with two attached hydrogens (primary N) is 1. The molecule has 0 amide bonds. The summed E-state index contributed by atoms with van der Waals surface area (Å²) in [5, 5.41) is 8.49. The van der Waals surface area contributed by atoms with Gasteiger partial charge in [0.25, 0.3) is 0 Å². The molecule has 1 aliphatic heterocycles. The van der Waals surface area contributed by atoms with Gasteiger partial charge in [0.2, 0.25) is 0 Å². The third kappa shape index (κ3) is 3.29. The molecule has 3 heterocycles. The van der Waals surface area contributed by atoms with E-state index in [4.69, 9.17) is 22.3 Å². The van der Waals surface area contributed by atoms with Gasteiger partial charge in [0.1, 0.15) is 17.6 Å². The van der Waals surface area contributed by atoms with Crippen molar-refractivity contribution in [2.45, 2.75) is 50.9 Å². The summed E-state index contributed by atoms with van der Waals surface area (Å²) in [6.45, 7) is 2.08. The average molecular weight is 359 g/mol. The van der Waals surface area contributed by atoms with Crippen LogP contribution in [-0.2, 0) is 0 Å². The number of amidine groups is 1. The number of hydrogen-bond acceptors (Lipinski definition) is 5. The molecule has 0 saturated heterocycles. The summed E-state index contributed by atoms with van der Waals surface area (Å²) in [6.07, 6.45) is 10.1. The molecule has 1 fully saturated rings. The second kappa shape index (κ2) is 6.78. The van der Waals surface area contributed by atoms with E-state index in [0.29, 0.717) is 11.1 Å². The molecule has 2 aromatic rings. The molecule has 6 nitrogen and oxygen atoms in total. The number of aromatic amines is 1. The predicted molar refractivity (Wildman–Crippen MR) is 102 cm³/mol. The van der Waals surface area contributed by atoms with Gasteiger partial charge < -0.3 is 16.0 Å². The second-order valence-electron chi connectivity index (χ2n) is 6.89. The van der Waals surface area contributed by atoms with Crippen LogP contribution >= 0.6 is 11.6 Å². The summed E-state index contributed by atoms with van der Waals surface area (Å²) in [6, 6.07) is 2.42. The number of aliphatic imine (C=N–C) groups is 1. The van der Waals surface area contributed by atoms with Gasteiger partial charge in [-0.1, -0.05) is 24.4 Å². The zero-order valence-corrected chi connectivity index (χ0v) is 15.0. The highest BCUT2D eigenvalue weighted by atomic mass is 35.5. The maximum atomic E-state index is 6.29. The van der Waals surface area contributed by atoms with E-state index in [1.807, 2.05) is 18.5 Å². The lowest BCUT2D eigenvalue weighted by Gasteiger charge is -2.33. The molecular weight excluding hydrogens is 336 g/mol. The Kier molecular flexibility index (Phi) is 4.50. The van der Waals surface area contributed by atoms with Crippen LogP contribution < -0.4 is 16.4 Å². The minimum atomic E-state index is -0.0671. The molecule has 1 aliphatic carbocycles. The number of halogens is 1. The van der Waals surface area contributed by atoms with Crippen LogP contribution in [-0.4, -0.2) is 34.1 Å². The van der Waals surface area contributed by atoms with Crippen LogP contribution in [0.2, 0.25) is 5.02 Å². The molecule has 7 heteroatoms. The van der Waals surface area contributed by atoms with E-state index in [1.54, 1.807) is 6.20 Å². The molecule has 3 unspecified atom stereocenters. The predicted octanol–water partition coefficient (Wildman–Crippen LogP) is 2.66. The number of nitrogens with one attached hydrogen (secondary N) is 3. The minimum absolute atomic E-state index is 0.0671. The Morgan fingerprint density at radius 1 is 1.32 bits per heavy atom. The molecule has 0 bridgehead atoms. The second-order valence-corrected chi connectivity index (χ2v) is 7.32. The van der Waals surface area contributed by atoms with Crippen LogP contribution in [0.3, 0.4) is 0 Å². The van der Waals surface area contributed by atoms with Gasteiger partial charge in [-0.2, -0.15) is 0 Å². The molecule has 25 heavy (non-hydrogen) atoms. The Morgan fingerprint density at radius 2 is 2.16 bits per heavy atom. The lowest BCUT2D eigenvalue weighted by Crippen LogP contribution is -2.51. The number of rotatable bonds is 3. The third-order valence-corrected chi connectivity index (χ3v) is 5.28. The normalized spacial score (nSPS) is 26.9. The molecule has 132 valence electrons. The number of pyridine rings is 1. The summed E-state index contributed by atoms with van der Waals surface area (Å²) in [4.78, 5) is 12.4. The van der Waals surface area contributed by atoms with Crippen LogP contribution in [0.4, 0.5) is 0 Å². The number of H-pyrrole nitrogens is 1. The number of aromatic nitrogens is 2. The molecule has 3 atom stereocenters. The fourth-order valence-electron chi connectivity index (χ4n) is 3.59. The molecular formula is C18H23ClN6. The average Bonchev–Trinajstić information content (AvgIpc) is 3.02. The van der Waals surface area contributed by atoms with Gasteiger partial charge in [-0.3, -0.25) is 5.32 Å². The maximum absolute atomic E-state index is 6.29. The smallest absolute Gasteiger partial charge is 0.138 e. The van der Waals surface area contributed by atoms with Crippen LogP contribution in [0.15, 0.2) is 35.2 Å². The molecule has 5 N–H and O–H groups in total. The van der Waals surface area contributed by atoms with Crippen molar-refractivity contribution in [3.8, 4) is 0 Å². The van der Waals surface area contributed by atoms with E-state index in [9.17, 15) is 0 Å². The largest absolute Gasteiger partial charge is 0.346 e. The van der Waals surface area contributed by atoms with Gasteiger partial charge >= 0.3 is 0 Å². The van der Waals surface area contributed by atoms with Crippen molar-refractivity contribution in [1.29, 1.82) is 0 Å². The summed E-state index contributed by atoms with van der Waals surface area (Å²) >= 11 is 6.11. The van der Waals surface area contributed by atoms with Crippen molar-refractivity contribution < 1.29 is 0 Å². The highest BCUT2D eigenvalue weighted by Gasteiger charge is 2.26. The zero-order chi connectivity index (χ0) is 17.4. The first-order valence-corrected chi connectivity index (χ1v) is 9.15. The van der Waals surface area contributed by atoms with E-state index < -0.39 is 0 Å². The Balaban J connectivity index is 1.62. The van der Waals surface area contributed by atoms with Crippen molar-refractivity contribution in [2.24, 2.45) is 10.7 Å². The highest BCUT2D eigenvalue weighted by Crippen LogP contribution is 2.23. The summed E-state index contributed by atoms with van der Waals surface area (Å²) in [7, 11) is 0. The minimum Gasteiger partial charge on any atom is -0.346 e. The lowest BCUT2D eigenvalue weighted by molar-refractivity contribution is 0.311. The van der Waals surface area contributed by atoms with E-state index in [1.165, 1.54) is 12.8 Å². The molecule has 2 aliphatic rings. The fraction of sp³-hybridized carbons (Fsp3) is 0.444. The van der Waals surface area contributed by atoms with Crippen LogP contribution in [0.5, 0.6) is 0 Å². The van der Waals surface area contributed by atoms with Crippen LogP contribution in [0.1, 0.15) is 38.2 Å². The molecule has 4 rings (SSSR count). The van der Waals surface area contributed by atoms with Gasteiger partial charge in [0, 0.05) is 41.6 Å². The van der Waals surface area contributed by atoms with Crippen LogP contribution in [0, 0.1) is 0 Å². The third-order valence-electron chi connectivity index (χ3n) is 5.07. The zero-order valence-electron chi connectivity index (χ0n) is 14.2. The van der Waals surface area contributed by atoms with Crippen molar-refractivity contribution >= 4 is 28.5 Å². The first-order valence-electron chi connectivity index (χ1n) is 8.77. The monoisotopic (exact) mass is 358 g/mol. The molecule has 0 aromatic carbocycles. The number of fused-ring (bicyclic) bond motifs is 1. The van der Waals surface area contributed by atoms with Gasteiger partial charge in [-0.25, -0.2) is 9.98 Å². The first kappa shape index (κ1) is 16.6. The summed E-state index contributed by atoms with van der Waals surface area (Å²) in [5.74, 6) is 0.808. The van der Waals surface area contributed by atoms with Crippen molar-refractivity contribution in [2.75, 3.05) is 0 Å². The molecule has 2 aromatic heterocycles. The highest BCUT2D eigenvalue weighted by molar-refractivity contribution is 6.31. The fourth-order valence-corrected chi connectivity index (χ4v) is 3.75. The van der Waals surface area contributed by atoms with E-state index >= 15 is 0 Å². The molecule has 0 spiro atoms. The Hall–Kier alpha value is -1.89. The van der Waals surface area contributed by atoms with Gasteiger partial charge in [-0.15, -0.1) is 0 Å². The van der Waals surface area contributed by atoms with E-state index in [-0.39, 0.29) is 12.2 Å². The van der Waals surface area contributed by atoms with E-state index in [2.05, 4.69) is 27.5 Å². The van der Waals surface area contributed by atoms with E-state index in [0.717, 1.165) is 40.8 Å². The Labute approximate surface area is 151 Å². The standard InChI is InChI=1S/C18H23ClN6/c1-10-7-21-18(13-9-23-17-12(13)6-11(19)8-22-17)25-16(10)24-15-5-3-2-4-14(15)20/h6-9,14-16,24H,2-5,20H2,1H3,(H,21,25)(H,22,23). The van der Waals surface area contributed by atoms with Crippen molar-refractivity contribution in [3.63, 3.8) is 0 Å². The van der Waals surface area contributed by atoms with Crippen molar-refractivity contribution in [3.05, 3.63) is 40.8 Å². The van der Waals surface area contributed by atoms with Gasteiger partial charge in [-0.05, 0) is 31.4 Å². The topological polar surface area (TPSA) is 91.1 Å². The quantitative estimate of drug-likeness (QED) is 0.678. The Bertz CT molecular complexity index is 839.